The molecule has 68 valence electrons. The molecule has 0 saturated heterocycles. The second-order valence-electron chi connectivity index (χ2n) is 3.39. The number of hydrogen-bond acceptors (Lipinski definition) is 2. The molecule has 1 unspecified atom stereocenters. The normalized spacial score (nSPS) is 13.2. The van der Waals surface area contributed by atoms with Gasteiger partial charge in [0.05, 0.1) is 11.9 Å². The third kappa shape index (κ3) is 2.57. The van der Waals surface area contributed by atoms with E-state index in [-0.39, 0.29) is 0 Å². The van der Waals surface area contributed by atoms with Crippen molar-refractivity contribution in [2.24, 2.45) is 5.92 Å². The number of nitrogens with zero attached hydrogens (tertiary/aromatic N) is 2. The largest absolute Gasteiger partial charge is 0.396 e. The Morgan fingerprint density at radius 1 is 1.67 bits per heavy atom. The smallest absolute Gasteiger partial charge is 0.0719 e. The van der Waals surface area contributed by atoms with Gasteiger partial charge in [-0.3, -0.25) is 4.68 Å². The zero-order valence-corrected chi connectivity index (χ0v) is 7.83. The highest BCUT2D eigenvalue weighted by atomic mass is 15.3. The highest BCUT2D eigenvalue weighted by molar-refractivity contribution is 5.30. The lowest BCUT2D eigenvalue weighted by atomic mass is 10.1. The molecule has 3 nitrogen and oxygen atoms in total. The predicted octanol–water partition coefficient (Wildman–Crippen LogP) is 1.90. The highest BCUT2D eigenvalue weighted by Gasteiger charge is 2.02. The summed E-state index contributed by atoms with van der Waals surface area (Å²) in [4.78, 5) is 0. The van der Waals surface area contributed by atoms with Gasteiger partial charge in [-0.2, -0.15) is 5.10 Å². The topological polar surface area (TPSA) is 43.8 Å². The predicted molar refractivity (Wildman–Crippen MR) is 50.7 cm³/mol. The molecule has 0 amide bonds. The van der Waals surface area contributed by atoms with Crippen LogP contribution in [0.3, 0.4) is 0 Å². The van der Waals surface area contributed by atoms with Gasteiger partial charge in [0.1, 0.15) is 0 Å². The highest BCUT2D eigenvalue weighted by Crippen LogP contribution is 2.08. The van der Waals surface area contributed by atoms with E-state index < -0.39 is 0 Å². The number of nitrogens with two attached hydrogens (primary N) is 1. The second-order valence-corrected chi connectivity index (χ2v) is 3.39. The van der Waals surface area contributed by atoms with Crippen molar-refractivity contribution < 1.29 is 0 Å². The maximum Gasteiger partial charge on any atom is 0.0719 e. The molecule has 0 aliphatic heterocycles. The quantitative estimate of drug-likeness (QED) is 0.744. The Morgan fingerprint density at radius 2 is 2.42 bits per heavy atom. The molecule has 0 saturated carbocycles. The third-order valence-electron chi connectivity index (χ3n) is 1.93. The molecule has 0 fully saturated rings. The number of rotatable bonds is 4. The van der Waals surface area contributed by atoms with Gasteiger partial charge in [0.25, 0.3) is 0 Å². The lowest BCUT2D eigenvalue weighted by Crippen LogP contribution is -2.07. The SMILES string of the molecule is CCCC(C)Cn1cc(N)cn1. The lowest BCUT2D eigenvalue weighted by Gasteiger charge is -2.08. The van der Waals surface area contributed by atoms with Gasteiger partial charge < -0.3 is 5.73 Å². The fourth-order valence-electron chi connectivity index (χ4n) is 1.38. The molecule has 0 aliphatic carbocycles. The molecule has 1 heterocycles. The van der Waals surface area contributed by atoms with Crippen LogP contribution >= 0.6 is 0 Å². The molecule has 0 spiro atoms. The monoisotopic (exact) mass is 167 g/mol. The first-order chi connectivity index (χ1) is 5.72. The van der Waals surface area contributed by atoms with Crippen LogP contribution in [-0.2, 0) is 6.54 Å². The zero-order valence-electron chi connectivity index (χ0n) is 7.83. The number of anilines is 1. The summed E-state index contributed by atoms with van der Waals surface area (Å²) in [7, 11) is 0. The van der Waals surface area contributed by atoms with E-state index in [2.05, 4.69) is 18.9 Å². The van der Waals surface area contributed by atoms with Crippen LogP contribution < -0.4 is 5.73 Å². The average molecular weight is 167 g/mol. The average Bonchev–Trinajstić information content (AvgIpc) is 2.36. The van der Waals surface area contributed by atoms with Crippen molar-refractivity contribution in [3.63, 3.8) is 0 Å². The standard InChI is InChI=1S/C9H17N3/c1-3-4-8(2)6-12-7-9(10)5-11-12/h5,7-8H,3-4,6,10H2,1-2H3. The molecular formula is C9H17N3. The molecule has 0 bridgehead atoms. The van der Waals surface area contributed by atoms with E-state index in [1.54, 1.807) is 6.20 Å². The molecule has 0 aromatic carbocycles. The fraction of sp³-hybridized carbons (Fsp3) is 0.667. The van der Waals surface area contributed by atoms with Gasteiger partial charge in [0, 0.05) is 12.7 Å². The van der Waals surface area contributed by atoms with Gasteiger partial charge in [-0.05, 0) is 12.3 Å². The maximum absolute atomic E-state index is 5.54. The summed E-state index contributed by atoms with van der Waals surface area (Å²) in [6.45, 7) is 5.42. The fourth-order valence-corrected chi connectivity index (χ4v) is 1.38. The summed E-state index contributed by atoms with van der Waals surface area (Å²) in [5, 5.41) is 4.13. The summed E-state index contributed by atoms with van der Waals surface area (Å²) in [6.07, 6.45) is 6.06. The van der Waals surface area contributed by atoms with E-state index in [4.69, 9.17) is 5.73 Å². The molecule has 12 heavy (non-hydrogen) atoms. The first-order valence-electron chi connectivity index (χ1n) is 4.50. The molecule has 0 aliphatic rings. The van der Waals surface area contributed by atoms with Crippen LogP contribution in [0.2, 0.25) is 0 Å². The Hall–Kier alpha value is -0.990. The van der Waals surface area contributed by atoms with Crippen LogP contribution in [0, 0.1) is 5.92 Å². The molecule has 1 aromatic heterocycles. The van der Waals surface area contributed by atoms with Crippen molar-refractivity contribution in [3.8, 4) is 0 Å². The van der Waals surface area contributed by atoms with Crippen molar-refractivity contribution in [1.29, 1.82) is 0 Å². The maximum atomic E-state index is 5.54. The van der Waals surface area contributed by atoms with E-state index >= 15 is 0 Å². The molecule has 1 aromatic rings. The third-order valence-corrected chi connectivity index (χ3v) is 1.93. The molecule has 3 heteroatoms. The number of nitrogen functional groups attached to an aromatic ring is 1. The van der Waals surface area contributed by atoms with Crippen molar-refractivity contribution in [1.82, 2.24) is 9.78 Å². The van der Waals surface area contributed by atoms with Gasteiger partial charge in [0.15, 0.2) is 0 Å². The Bertz CT molecular complexity index is 229. The van der Waals surface area contributed by atoms with Gasteiger partial charge in [-0.1, -0.05) is 20.3 Å². The van der Waals surface area contributed by atoms with E-state index in [9.17, 15) is 0 Å². The van der Waals surface area contributed by atoms with E-state index in [0.717, 1.165) is 12.2 Å². The van der Waals surface area contributed by atoms with E-state index in [0.29, 0.717) is 5.92 Å². The minimum Gasteiger partial charge on any atom is -0.396 e. The first kappa shape index (κ1) is 9.10. The van der Waals surface area contributed by atoms with Gasteiger partial charge in [-0.15, -0.1) is 0 Å². The van der Waals surface area contributed by atoms with Crippen molar-refractivity contribution >= 4 is 5.69 Å². The molecular weight excluding hydrogens is 150 g/mol. The lowest BCUT2D eigenvalue weighted by molar-refractivity contribution is 0.420. The Balaban J connectivity index is 2.41. The molecule has 0 radical (unpaired) electrons. The summed E-state index contributed by atoms with van der Waals surface area (Å²) in [6, 6.07) is 0. The van der Waals surface area contributed by atoms with Crippen molar-refractivity contribution in [3.05, 3.63) is 12.4 Å². The minimum atomic E-state index is 0.689. The molecule has 1 rings (SSSR count). The Kier molecular flexibility index (Phi) is 3.14. The van der Waals surface area contributed by atoms with Crippen molar-refractivity contribution in [2.75, 3.05) is 5.73 Å². The van der Waals surface area contributed by atoms with Gasteiger partial charge in [0.2, 0.25) is 0 Å². The summed E-state index contributed by atoms with van der Waals surface area (Å²) < 4.78 is 1.91. The Morgan fingerprint density at radius 3 is 2.92 bits per heavy atom. The van der Waals surface area contributed by atoms with Crippen LogP contribution in [0.25, 0.3) is 0 Å². The Labute approximate surface area is 73.6 Å². The second kappa shape index (κ2) is 4.14. The van der Waals surface area contributed by atoms with Gasteiger partial charge >= 0.3 is 0 Å². The number of aromatic nitrogens is 2. The van der Waals surface area contributed by atoms with Crippen LogP contribution in [-0.4, -0.2) is 9.78 Å². The number of hydrogen-bond donors (Lipinski definition) is 1. The van der Waals surface area contributed by atoms with Gasteiger partial charge in [-0.25, -0.2) is 0 Å². The van der Waals surface area contributed by atoms with Crippen LogP contribution in [0.15, 0.2) is 12.4 Å². The molecule has 1 atom stereocenters. The first-order valence-corrected chi connectivity index (χ1v) is 4.50. The summed E-state index contributed by atoms with van der Waals surface area (Å²) in [5.41, 5.74) is 6.29. The van der Waals surface area contributed by atoms with Crippen LogP contribution in [0.5, 0.6) is 0 Å². The van der Waals surface area contributed by atoms with Crippen LogP contribution in [0.1, 0.15) is 26.7 Å². The van der Waals surface area contributed by atoms with E-state index in [1.165, 1.54) is 12.8 Å². The summed E-state index contributed by atoms with van der Waals surface area (Å²) in [5.74, 6) is 0.689. The van der Waals surface area contributed by atoms with Crippen molar-refractivity contribution in [2.45, 2.75) is 33.2 Å². The van der Waals surface area contributed by atoms with Crippen LogP contribution in [0.4, 0.5) is 5.69 Å². The van der Waals surface area contributed by atoms with E-state index in [1.807, 2.05) is 10.9 Å². The summed E-state index contributed by atoms with van der Waals surface area (Å²) >= 11 is 0. The molecule has 2 N–H and O–H groups in total. The minimum absolute atomic E-state index is 0.689. The zero-order chi connectivity index (χ0) is 8.97.